The number of aliphatic imine (C=N–C) groups is 1. The summed E-state index contributed by atoms with van der Waals surface area (Å²) in [6, 6.07) is 8.46. The molecule has 1 aliphatic rings. The molecule has 1 heterocycles. The number of benzene rings is 1. The minimum absolute atomic E-state index is 0.723. The van der Waals surface area contributed by atoms with Crippen LogP contribution in [0, 0.1) is 12.8 Å². The van der Waals surface area contributed by atoms with Crippen LogP contribution < -0.4 is 10.6 Å². The lowest BCUT2D eigenvalue weighted by atomic mass is 9.99. The smallest absolute Gasteiger partial charge is 0.191 e. The van der Waals surface area contributed by atoms with Crippen molar-refractivity contribution in [2.24, 2.45) is 10.9 Å². The quantitative estimate of drug-likeness (QED) is 0.657. The van der Waals surface area contributed by atoms with Crippen LogP contribution in [-0.4, -0.2) is 44.6 Å². The van der Waals surface area contributed by atoms with E-state index in [1.807, 2.05) is 7.05 Å². The highest BCUT2D eigenvalue weighted by Gasteiger charge is 2.17. The second-order valence-corrected chi connectivity index (χ2v) is 6.00. The summed E-state index contributed by atoms with van der Waals surface area (Å²) in [5.74, 6) is 1.62. The van der Waals surface area contributed by atoms with Crippen molar-refractivity contribution in [1.29, 1.82) is 0 Å². The number of hydrogen-bond acceptors (Lipinski definition) is 2. The molecule has 0 amide bonds. The molecule has 2 N–H and O–H groups in total. The van der Waals surface area contributed by atoms with Crippen LogP contribution in [0.25, 0.3) is 0 Å². The lowest BCUT2D eigenvalue weighted by Gasteiger charge is -2.30. The van der Waals surface area contributed by atoms with Crippen molar-refractivity contribution in [3.8, 4) is 0 Å². The second kappa shape index (κ2) is 8.03. The highest BCUT2D eigenvalue weighted by Crippen LogP contribution is 2.13. The van der Waals surface area contributed by atoms with Crippen LogP contribution in [0.2, 0.25) is 0 Å². The molecule has 116 valence electrons. The van der Waals surface area contributed by atoms with E-state index < -0.39 is 0 Å². The van der Waals surface area contributed by atoms with E-state index in [4.69, 9.17) is 0 Å². The zero-order chi connectivity index (χ0) is 15.1. The summed E-state index contributed by atoms with van der Waals surface area (Å²) >= 11 is 0. The number of likely N-dealkylation sites (tertiary alicyclic amines) is 1. The summed E-state index contributed by atoms with van der Waals surface area (Å²) in [7, 11) is 4.04. The molecule has 0 aromatic heterocycles. The standard InChI is InChI=1S/C17H28N4/c1-14-7-4-5-9-16(14)12-20-17(18-2)19-11-15-8-6-10-21(3)13-15/h4-5,7,9,15H,6,8,10-13H2,1-3H3,(H2,18,19,20). The molecule has 1 fully saturated rings. The first-order valence-electron chi connectivity index (χ1n) is 7.86. The number of nitrogens with zero attached hydrogens (tertiary/aromatic N) is 2. The maximum absolute atomic E-state index is 4.32. The van der Waals surface area contributed by atoms with Gasteiger partial charge in [0.05, 0.1) is 0 Å². The molecule has 2 rings (SSSR count). The first-order chi connectivity index (χ1) is 10.2. The van der Waals surface area contributed by atoms with E-state index in [0.29, 0.717) is 0 Å². The average Bonchev–Trinajstić information content (AvgIpc) is 2.49. The molecule has 1 atom stereocenters. The molecule has 21 heavy (non-hydrogen) atoms. The Labute approximate surface area is 128 Å². The van der Waals surface area contributed by atoms with E-state index >= 15 is 0 Å². The fraction of sp³-hybridized carbons (Fsp3) is 0.588. The molecule has 1 aromatic carbocycles. The van der Waals surface area contributed by atoms with E-state index in [9.17, 15) is 0 Å². The summed E-state index contributed by atoms with van der Waals surface area (Å²) in [5, 5.41) is 6.86. The van der Waals surface area contributed by atoms with Crippen LogP contribution in [0.4, 0.5) is 0 Å². The topological polar surface area (TPSA) is 39.7 Å². The van der Waals surface area contributed by atoms with Crippen LogP contribution in [0.1, 0.15) is 24.0 Å². The Hall–Kier alpha value is -1.55. The van der Waals surface area contributed by atoms with E-state index in [1.54, 1.807) is 0 Å². The SMILES string of the molecule is CN=C(NCc1ccccc1C)NCC1CCCN(C)C1. The van der Waals surface area contributed by atoms with Crippen molar-refractivity contribution in [3.05, 3.63) is 35.4 Å². The van der Waals surface area contributed by atoms with E-state index in [1.165, 1.54) is 37.1 Å². The van der Waals surface area contributed by atoms with Crippen LogP contribution in [0.5, 0.6) is 0 Å². The molecule has 4 heteroatoms. The summed E-state index contributed by atoms with van der Waals surface area (Å²) in [4.78, 5) is 6.73. The Morgan fingerprint density at radius 3 is 2.86 bits per heavy atom. The molecule has 1 aliphatic heterocycles. The zero-order valence-corrected chi connectivity index (χ0v) is 13.5. The number of rotatable bonds is 4. The number of hydrogen-bond donors (Lipinski definition) is 2. The van der Waals surface area contributed by atoms with Gasteiger partial charge in [-0.3, -0.25) is 4.99 Å². The zero-order valence-electron chi connectivity index (χ0n) is 13.5. The van der Waals surface area contributed by atoms with Crippen molar-refractivity contribution >= 4 is 5.96 Å². The molecule has 0 saturated carbocycles. The molecule has 0 radical (unpaired) electrons. The summed E-state index contributed by atoms with van der Waals surface area (Å²) < 4.78 is 0. The Balaban J connectivity index is 1.77. The average molecular weight is 288 g/mol. The maximum Gasteiger partial charge on any atom is 0.191 e. The lowest BCUT2D eigenvalue weighted by molar-refractivity contribution is 0.210. The van der Waals surface area contributed by atoms with E-state index in [2.05, 4.69) is 58.8 Å². The van der Waals surface area contributed by atoms with Gasteiger partial charge in [-0.05, 0) is 50.4 Å². The highest BCUT2D eigenvalue weighted by molar-refractivity contribution is 5.79. The highest BCUT2D eigenvalue weighted by atomic mass is 15.2. The van der Waals surface area contributed by atoms with E-state index in [0.717, 1.165) is 25.0 Å². The Morgan fingerprint density at radius 2 is 2.14 bits per heavy atom. The molecule has 0 spiro atoms. The first-order valence-corrected chi connectivity index (χ1v) is 7.86. The predicted molar refractivity (Wildman–Crippen MR) is 89.6 cm³/mol. The maximum atomic E-state index is 4.32. The Kier molecular flexibility index (Phi) is 6.05. The molecule has 0 bridgehead atoms. The van der Waals surface area contributed by atoms with Gasteiger partial charge in [0.1, 0.15) is 0 Å². The van der Waals surface area contributed by atoms with Gasteiger partial charge in [0.15, 0.2) is 5.96 Å². The van der Waals surface area contributed by atoms with Gasteiger partial charge in [0, 0.05) is 26.7 Å². The van der Waals surface area contributed by atoms with Crippen molar-refractivity contribution < 1.29 is 0 Å². The van der Waals surface area contributed by atoms with Crippen molar-refractivity contribution in [2.45, 2.75) is 26.3 Å². The fourth-order valence-electron chi connectivity index (χ4n) is 2.89. The third kappa shape index (κ3) is 5.05. The molecule has 1 saturated heterocycles. The summed E-state index contributed by atoms with van der Waals surface area (Å²) in [5.41, 5.74) is 2.63. The number of nitrogens with one attached hydrogen (secondary N) is 2. The van der Waals surface area contributed by atoms with Gasteiger partial charge in [-0.1, -0.05) is 24.3 Å². The Morgan fingerprint density at radius 1 is 1.33 bits per heavy atom. The molecule has 1 unspecified atom stereocenters. The van der Waals surface area contributed by atoms with Crippen molar-refractivity contribution in [3.63, 3.8) is 0 Å². The van der Waals surface area contributed by atoms with E-state index in [-0.39, 0.29) is 0 Å². The fourth-order valence-corrected chi connectivity index (χ4v) is 2.89. The molecule has 4 nitrogen and oxygen atoms in total. The van der Waals surface area contributed by atoms with Crippen LogP contribution in [0.15, 0.2) is 29.3 Å². The monoisotopic (exact) mass is 288 g/mol. The minimum atomic E-state index is 0.723. The Bertz CT molecular complexity index is 470. The first kappa shape index (κ1) is 15.8. The molecular weight excluding hydrogens is 260 g/mol. The van der Waals surface area contributed by atoms with Crippen LogP contribution in [-0.2, 0) is 6.54 Å². The molecule has 1 aromatic rings. The van der Waals surface area contributed by atoms with Gasteiger partial charge < -0.3 is 15.5 Å². The normalized spacial score (nSPS) is 20.3. The van der Waals surface area contributed by atoms with Gasteiger partial charge in [0.25, 0.3) is 0 Å². The predicted octanol–water partition coefficient (Wildman–Crippen LogP) is 2.00. The largest absolute Gasteiger partial charge is 0.356 e. The number of guanidine groups is 1. The summed E-state index contributed by atoms with van der Waals surface area (Å²) in [6.45, 7) is 6.37. The summed E-state index contributed by atoms with van der Waals surface area (Å²) in [6.07, 6.45) is 2.62. The van der Waals surface area contributed by atoms with Gasteiger partial charge in [-0.25, -0.2) is 0 Å². The number of aryl methyl sites for hydroxylation is 1. The molecule has 0 aliphatic carbocycles. The van der Waals surface area contributed by atoms with Gasteiger partial charge in [0.2, 0.25) is 0 Å². The van der Waals surface area contributed by atoms with Crippen LogP contribution >= 0.6 is 0 Å². The second-order valence-electron chi connectivity index (χ2n) is 6.00. The third-order valence-electron chi connectivity index (χ3n) is 4.21. The number of piperidine rings is 1. The van der Waals surface area contributed by atoms with Crippen molar-refractivity contribution in [2.75, 3.05) is 33.7 Å². The molecular formula is C17H28N4. The van der Waals surface area contributed by atoms with Gasteiger partial charge in [-0.2, -0.15) is 0 Å². The lowest BCUT2D eigenvalue weighted by Crippen LogP contribution is -2.43. The van der Waals surface area contributed by atoms with Gasteiger partial charge in [-0.15, -0.1) is 0 Å². The van der Waals surface area contributed by atoms with Gasteiger partial charge >= 0.3 is 0 Å². The van der Waals surface area contributed by atoms with Crippen LogP contribution in [0.3, 0.4) is 0 Å². The minimum Gasteiger partial charge on any atom is -0.356 e. The third-order valence-corrected chi connectivity index (χ3v) is 4.21. The van der Waals surface area contributed by atoms with Crippen molar-refractivity contribution in [1.82, 2.24) is 15.5 Å².